The Balaban J connectivity index is 1.44. The van der Waals surface area contributed by atoms with Crippen LogP contribution in [0.25, 0.3) is 11.1 Å². The summed E-state index contributed by atoms with van der Waals surface area (Å²) < 4.78 is 5.88. The van der Waals surface area contributed by atoms with Gasteiger partial charge in [-0.2, -0.15) is 4.98 Å². The van der Waals surface area contributed by atoms with Gasteiger partial charge in [0.05, 0.1) is 6.04 Å². The van der Waals surface area contributed by atoms with Crippen molar-refractivity contribution in [3.8, 4) is 0 Å². The van der Waals surface area contributed by atoms with E-state index in [2.05, 4.69) is 28.7 Å². The average Bonchev–Trinajstić information content (AvgIpc) is 3.28. The van der Waals surface area contributed by atoms with Gasteiger partial charge in [0.15, 0.2) is 5.58 Å². The molecule has 1 fully saturated rings. The minimum absolute atomic E-state index is 0.0297. The first-order valence-corrected chi connectivity index (χ1v) is 10.5. The Morgan fingerprint density at radius 2 is 2.00 bits per heavy atom. The normalized spacial score (nSPS) is 16.6. The summed E-state index contributed by atoms with van der Waals surface area (Å²) in [4.78, 5) is 26.0. The number of hydrogen-bond donors (Lipinski definition) is 1. The van der Waals surface area contributed by atoms with Crippen molar-refractivity contribution in [2.45, 2.75) is 26.3 Å². The maximum absolute atomic E-state index is 12.9. The number of fused-ring (bicyclic) bond motifs is 1. The SMILES string of the molecule is CC(C)[C@H](N)c1nc(C(=O)N2CCCN(c3nc4ccccc4o3)CC2)cs1. The van der Waals surface area contributed by atoms with Gasteiger partial charge in [0, 0.05) is 31.6 Å². The first kappa shape index (κ1) is 18.9. The van der Waals surface area contributed by atoms with E-state index in [0.717, 1.165) is 29.1 Å². The molecule has 148 valence electrons. The van der Waals surface area contributed by atoms with Gasteiger partial charge in [-0.1, -0.05) is 26.0 Å². The number of hydrogen-bond acceptors (Lipinski definition) is 7. The minimum Gasteiger partial charge on any atom is -0.423 e. The fourth-order valence-corrected chi connectivity index (χ4v) is 4.26. The van der Waals surface area contributed by atoms with E-state index in [-0.39, 0.29) is 17.9 Å². The van der Waals surface area contributed by atoms with Crippen molar-refractivity contribution in [2.24, 2.45) is 11.7 Å². The smallest absolute Gasteiger partial charge is 0.298 e. The standard InChI is InChI=1S/C20H25N5O2S/c1-13(2)17(21)18-22-15(12-28-18)19(26)24-8-5-9-25(11-10-24)20-23-14-6-3-4-7-16(14)27-20/h3-4,6-7,12-13,17H,5,8-11,21H2,1-2H3/t17-/m0/s1. The van der Waals surface area contributed by atoms with Crippen LogP contribution in [-0.4, -0.2) is 47.0 Å². The second-order valence-corrected chi connectivity index (χ2v) is 8.33. The molecule has 1 saturated heterocycles. The molecule has 3 aromatic rings. The number of para-hydroxylation sites is 2. The highest BCUT2D eigenvalue weighted by Gasteiger charge is 2.25. The Hall–Kier alpha value is -2.45. The molecule has 1 amide bonds. The molecule has 2 aromatic heterocycles. The van der Waals surface area contributed by atoms with Gasteiger partial charge in [0.2, 0.25) is 0 Å². The van der Waals surface area contributed by atoms with Gasteiger partial charge < -0.3 is 20.0 Å². The molecule has 0 spiro atoms. The van der Waals surface area contributed by atoms with Gasteiger partial charge >= 0.3 is 0 Å². The minimum atomic E-state index is -0.134. The third-order valence-electron chi connectivity index (χ3n) is 5.08. The number of carbonyl (C=O) groups is 1. The highest BCUT2D eigenvalue weighted by atomic mass is 32.1. The van der Waals surface area contributed by atoms with E-state index in [4.69, 9.17) is 10.2 Å². The molecule has 0 radical (unpaired) electrons. The zero-order valence-electron chi connectivity index (χ0n) is 16.2. The van der Waals surface area contributed by atoms with Gasteiger partial charge in [-0.25, -0.2) is 4.98 Å². The van der Waals surface area contributed by atoms with Crippen molar-refractivity contribution in [3.05, 3.63) is 40.3 Å². The van der Waals surface area contributed by atoms with Gasteiger partial charge in [-0.3, -0.25) is 4.79 Å². The molecule has 1 aliphatic heterocycles. The third kappa shape index (κ3) is 3.74. The molecule has 7 nitrogen and oxygen atoms in total. The molecule has 0 unspecified atom stereocenters. The molecule has 0 bridgehead atoms. The van der Waals surface area contributed by atoms with Crippen LogP contribution in [0.2, 0.25) is 0 Å². The number of rotatable bonds is 4. The predicted octanol–water partition coefficient (Wildman–Crippen LogP) is 3.29. The summed E-state index contributed by atoms with van der Waals surface area (Å²) in [6, 6.07) is 8.23. The van der Waals surface area contributed by atoms with Crippen LogP contribution in [0.5, 0.6) is 0 Å². The van der Waals surface area contributed by atoms with E-state index in [1.165, 1.54) is 11.3 Å². The number of aromatic nitrogens is 2. The molecule has 0 saturated carbocycles. The molecule has 2 N–H and O–H groups in total. The van der Waals surface area contributed by atoms with Gasteiger partial charge in [0.25, 0.3) is 11.9 Å². The van der Waals surface area contributed by atoms with Crippen LogP contribution in [0.4, 0.5) is 6.01 Å². The summed E-state index contributed by atoms with van der Waals surface area (Å²) in [6.07, 6.45) is 0.854. The van der Waals surface area contributed by atoms with Crippen molar-refractivity contribution in [3.63, 3.8) is 0 Å². The van der Waals surface area contributed by atoms with Crippen molar-refractivity contribution in [2.75, 3.05) is 31.1 Å². The van der Waals surface area contributed by atoms with Crippen molar-refractivity contribution < 1.29 is 9.21 Å². The molecule has 1 aliphatic rings. The zero-order chi connectivity index (χ0) is 19.7. The summed E-state index contributed by atoms with van der Waals surface area (Å²) in [5.41, 5.74) is 8.30. The van der Waals surface area contributed by atoms with Crippen LogP contribution in [0.1, 0.15) is 41.8 Å². The van der Waals surface area contributed by atoms with Crippen molar-refractivity contribution in [1.29, 1.82) is 0 Å². The monoisotopic (exact) mass is 399 g/mol. The van der Waals surface area contributed by atoms with Crippen molar-refractivity contribution >= 4 is 34.4 Å². The lowest BCUT2D eigenvalue weighted by atomic mass is 10.1. The lowest BCUT2D eigenvalue weighted by Gasteiger charge is -2.20. The average molecular weight is 400 g/mol. The van der Waals surface area contributed by atoms with Crippen LogP contribution < -0.4 is 10.6 Å². The Bertz CT molecular complexity index is 933. The highest BCUT2D eigenvalue weighted by molar-refractivity contribution is 7.09. The van der Waals surface area contributed by atoms with Gasteiger partial charge in [-0.05, 0) is 24.5 Å². The number of thiazole rings is 1. The van der Waals surface area contributed by atoms with E-state index >= 15 is 0 Å². The second kappa shape index (κ2) is 7.89. The summed E-state index contributed by atoms with van der Waals surface area (Å²) in [5, 5.41) is 2.64. The number of amides is 1. The predicted molar refractivity (Wildman–Crippen MR) is 111 cm³/mol. The maximum atomic E-state index is 12.9. The number of anilines is 1. The van der Waals surface area contributed by atoms with Gasteiger partial charge in [0.1, 0.15) is 16.2 Å². The third-order valence-corrected chi connectivity index (χ3v) is 6.03. The summed E-state index contributed by atoms with van der Waals surface area (Å²) in [7, 11) is 0. The maximum Gasteiger partial charge on any atom is 0.298 e. The summed E-state index contributed by atoms with van der Waals surface area (Å²) in [5.74, 6) is 0.259. The van der Waals surface area contributed by atoms with E-state index in [1.807, 2.05) is 34.5 Å². The van der Waals surface area contributed by atoms with Gasteiger partial charge in [-0.15, -0.1) is 11.3 Å². The molecule has 4 rings (SSSR count). The van der Waals surface area contributed by atoms with E-state index in [0.29, 0.717) is 31.3 Å². The number of carbonyl (C=O) groups excluding carboxylic acids is 1. The fraction of sp³-hybridized carbons (Fsp3) is 0.450. The molecule has 28 heavy (non-hydrogen) atoms. The number of nitrogens with zero attached hydrogens (tertiary/aromatic N) is 4. The molecular formula is C20H25N5O2S. The number of nitrogens with two attached hydrogens (primary N) is 1. The quantitative estimate of drug-likeness (QED) is 0.724. The lowest BCUT2D eigenvalue weighted by Crippen LogP contribution is -2.35. The van der Waals surface area contributed by atoms with Crippen LogP contribution in [0.3, 0.4) is 0 Å². The van der Waals surface area contributed by atoms with E-state index in [9.17, 15) is 4.79 Å². The Kier molecular flexibility index (Phi) is 5.32. The topological polar surface area (TPSA) is 88.5 Å². The molecule has 1 aromatic carbocycles. The van der Waals surface area contributed by atoms with Crippen LogP contribution >= 0.6 is 11.3 Å². The highest BCUT2D eigenvalue weighted by Crippen LogP contribution is 2.25. The lowest BCUT2D eigenvalue weighted by molar-refractivity contribution is 0.0761. The fourth-order valence-electron chi connectivity index (χ4n) is 3.29. The number of benzene rings is 1. The van der Waals surface area contributed by atoms with Crippen molar-refractivity contribution in [1.82, 2.24) is 14.9 Å². The summed E-state index contributed by atoms with van der Waals surface area (Å²) >= 11 is 1.46. The second-order valence-electron chi connectivity index (χ2n) is 7.44. The Morgan fingerprint density at radius 3 is 2.79 bits per heavy atom. The Labute approximate surface area is 168 Å². The Morgan fingerprint density at radius 1 is 1.18 bits per heavy atom. The zero-order valence-corrected chi connectivity index (χ0v) is 17.0. The molecular weight excluding hydrogens is 374 g/mol. The first-order valence-electron chi connectivity index (χ1n) is 9.63. The van der Waals surface area contributed by atoms with Crippen LogP contribution in [0.15, 0.2) is 34.1 Å². The van der Waals surface area contributed by atoms with Crippen LogP contribution in [0, 0.1) is 5.92 Å². The largest absolute Gasteiger partial charge is 0.423 e. The number of oxazole rings is 1. The van der Waals surface area contributed by atoms with E-state index in [1.54, 1.807) is 0 Å². The van der Waals surface area contributed by atoms with Crippen LogP contribution in [-0.2, 0) is 0 Å². The molecule has 0 aliphatic carbocycles. The van der Waals surface area contributed by atoms with E-state index < -0.39 is 0 Å². The summed E-state index contributed by atoms with van der Waals surface area (Å²) in [6.45, 7) is 6.91. The first-order chi connectivity index (χ1) is 13.5. The molecule has 1 atom stereocenters. The molecule has 3 heterocycles. The molecule has 8 heteroatoms.